The molecule has 2 aromatic rings. The zero-order chi connectivity index (χ0) is 25.6. The number of amides is 1. The van der Waals surface area contributed by atoms with E-state index in [1.165, 1.54) is 52.8 Å². The van der Waals surface area contributed by atoms with Crippen molar-refractivity contribution in [2.45, 2.75) is 36.1 Å². The van der Waals surface area contributed by atoms with Crippen molar-refractivity contribution in [2.24, 2.45) is 0 Å². The number of hydrogen-bond donors (Lipinski definition) is 2. The smallest absolute Gasteiger partial charge is 0.262 e. The van der Waals surface area contributed by atoms with Gasteiger partial charge >= 0.3 is 0 Å². The van der Waals surface area contributed by atoms with Crippen molar-refractivity contribution in [1.82, 2.24) is 13.9 Å². The number of rotatable bonds is 10. The van der Waals surface area contributed by atoms with Crippen LogP contribution in [0.2, 0.25) is 0 Å². The first-order valence-corrected chi connectivity index (χ1v) is 14.3. The molecule has 1 amide bonds. The number of nitrogens with zero attached hydrogens (tertiary/aromatic N) is 2. The molecule has 0 bridgehead atoms. The molecule has 3 rings (SSSR count). The van der Waals surface area contributed by atoms with E-state index in [0.29, 0.717) is 44.0 Å². The minimum atomic E-state index is -3.62. The summed E-state index contributed by atoms with van der Waals surface area (Å²) in [4.78, 5) is 14.6. The predicted octanol–water partition coefficient (Wildman–Crippen LogP) is 1.72. The molecular weight excluding hydrogens is 492 g/mol. The Morgan fingerprint density at radius 1 is 0.943 bits per heavy atom. The Hall–Kier alpha value is -2.51. The first kappa shape index (κ1) is 27.1. The zero-order valence-electron chi connectivity index (χ0n) is 20.1. The van der Waals surface area contributed by atoms with E-state index in [2.05, 4.69) is 14.9 Å². The number of likely N-dealkylation sites (N-methyl/N-ethyl adjacent to an activating group) is 1. The maximum Gasteiger partial charge on any atom is 0.262 e. The predicted molar refractivity (Wildman–Crippen MR) is 133 cm³/mol. The largest absolute Gasteiger partial charge is 0.484 e. The molecule has 35 heavy (non-hydrogen) atoms. The molecule has 1 atom stereocenters. The Kier molecular flexibility index (Phi) is 8.89. The summed E-state index contributed by atoms with van der Waals surface area (Å²) in [6, 6.07) is 11.6. The molecule has 0 saturated carbocycles. The lowest BCUT2D eigenvalue weighted by Crippen LogP contribution is -2.46. The molecule has 0 radical (unpaired) electrons. The highest BCUT2D eigenvalue weighted by molar-refractivity contribution is 7.89. The summed E-state index contributed by atoms with van der Waals surface area (Å²) in [5.41, 5.74) is 0.438. The number of sulfonamides is 2. The highest BCUT2D eigenvalue weighted by Crippen LogP contribution is 2.20. The van der Waals surface area contributed by atoms with E-state index in [1.807, 2.05) is 14.0 Å². The van der Waals surface area contributed by atoms with Gasteiger partial charge in [0.1, 0.15) is 5.75 Å². The quantitative estimate of drug-likeness (QED) is 0.485. The van der Waals surface area contributed by atoms with Crippen LogP contribution in [0.15, 0.2) is 58.3 Å². The molecule has 12 heteroatoms. The SMILES string of the molecule is CCC(C)NS(=O)(=O)c1ccc(OCC(=O)Nc2ccc(S(=O)(=O)N3CCN(C)CC3)cc2)cc1. The third-order valence-corrected chi connectivity index (χ3v) is 9.23. The molecule has 1 unspecified atom stereocenters. The molecule has 1 aliphatic rings. The number of carbonyl (C=O) groups excluding carboxylic acids is 1. The molecule has 1 saturated heterocycles. The second-order valence-corrected chi connectivity index (χ2v) is 12.1. The van der Waals surface area contributed by atoms with Crippen LogP contribution in [0.4, 0.5) is 5.69 Å². The standard InChI is InChI=1S/C23H32N4O6S2/c1-4-18(2)25-34(29,30)21-11-7-20(8-12-21)33-17-23(28)24-19-5-9-22(10-6-19)35(31,32)27-15-13-26(3)14-16-27/h5-12,18,25H,4,13-17H2,1-3H3,(H,24,28). The van der Waals surface area contributed by atoms with E-state index in [9.17, 15) is 21.6 Å². The Labute approximate surface area is 207 Å². The highest BCUT2D eigenvalue weighted by atomic mass is 32.2. The van der Waals surface area contributed by atoms with Gasteiger partial charge in [0.2, 0.25) is 20.0 Å². The first-order valence-electron chi connectivity index (χ1n) is 11.3. The summed E-state index contributed by atoms with van der Waals surface area (Å²) in [6.45, 7) is 5.62. The van der Waals surface area contributed by atoms with Crippen LogP contribution in [0.25, 0.3) is 0 Å². The number of piperazine rings is 1. The second kappa shape index (κ2) is 11.5. The van der Waals surface area contributed by atoms with E-state index in [-0.39, 0.29) is 22.4 Å². The number of hydrogen-bond acceptors (Lipinski definition) is 7. The molecule has 2 N–H and O–H groups in total. The van der Waals surface area contributed by atoms with Crippen LogP contribution in [0.5, 0.6) is 5.75 Å². The normalized spacial score (nSPS) is 16.5. The summed E-state index contributed by atoms with van der Waals surface area (Å²) in [6.07, 6.45) is 0.671. The van der Waals surface area contributed by atoms with Gasteiger partial charge in [-0.25, -0.2) is 21.6 Å². The van der Waals surface area contributed by atoms with E-state index < -0.39 is 26.0 Å². The number of carbonyl (C=O) groups is 1. The summed E-state index contributed by atoms with van der Waals surface area (Å²) < 4.78 is 59.7. The summed E-state index contributed by atoms with van der Waals surface area (Å²) in [5.74, 6) is -0.0916. The van der Waals surface area contributed by atoms with Gasteiger partial charge in [-0.05, 0) is 68.9 Å². The maximum absolute atomic E-state index is 12.8. The molecule has 0 aliphatic carbocycles. The van der Waals surface area contributed by atoms with Gasteiger partial charge in [-0.1, -0.05) is 6.92 Å². The highest BCUT2D eigenvalue weighted by Gasteiger charge is 2.27. The van der Waals surface area contributed by atoms with Gasteiger partial charge in [0.25, 0.3) is 5.91 Å². The minimum absolute atomic E-state index is 0.112. The van der Waals surface area contributed by atoms with Crippen molar-refractivity contribution in [1.29, 1.82) is 0 Å². The summed E-state index contributed by atoms with van der Waals surface area (Å²) >= 11 is 0. The van der Waals surface area contributed by atoms with Crippen LogP contribution in [0, 0.1) is 0 Å². The third-order valence-electron chi connectivity index (χ3n) is 5.71. The van der Waals surface area contributed by atoms with Gasteiger partial charge < -0.3 is 15.0 Å². The second-order valence-electron chi connectivity index (χ2n) is 8.47. The molecule has 1 fully saturated rings. The van der Waals surface area contributed by atoms with Crippen LogP contribution in [-0.2, 0) is 24.8 Å². The van der Waals surface area contributed by atoms with Gasteiger partial charge in [0.15, 0.2) is 6.61 Å². The van der Waals surface area contributed by atoms with E-state index in [4.69, 9.17) is 4.74 Å². The van der Waals surface area contributed by atoms with Gasteiger partial charge in [0.05, 0.1) is 9.79 Å². The molecule has 1 heterocycles. The molecule has 2 aromatic carbocycles. The summed E-state index contributed by atoms with van der Waals surface area (Å²) in [5, 5.41) is 2.65. The average Bonchev–Trinajstić information content (AvgIpc) is 2.83. The first-order chi connectivity index (χ1) is 16.5. The molecule has 0 aromatic heterocycles. The van der Waals surface area contributed by atoms with Crippen molar-refractivity contribution in [3.63, 3.8) is 0 Å². The topological polar surface area (TPSA) is 125 Å². The fraction of sp³-hybridized carbons (Fsp3) is 0.435. The fourth-order valence-corrected chi connectivity index (χ4v) is 6.11. The number of anilines is 1. The van der Waals surface area contributed by atoms with Crippen molar-refractivity contribution in [3.8, 4) is 5.75 Å². The fourth-order valence-electron chi connectivity index (χ4n) is 3.36. The van der Waals surface area contributed by atoms with Crippen LogP contribution in [0.1, 0.15) is 20.3 Å². The van der Waals surface area contributed by atoms with E-state index in [1.54, 1.807) is 6.92 Å². The molecule has 192 valence electrons. The molecule has 10 nitrogen and oxygen atoms in total. The van der Waals surface area contributed by atoms with Gasteiger partial charge in [0, 0.05) is 37.9 Å². The van der Waals surface area contributed by atoms with Crippen LogP contribution >= 0.6 is 0 Å². The van der Waals surface area contributed by atoms with E-state index in [0.717, 1.165) is 0 Å². The average molecular weight is 525 g/mol. The Bertz CT molecular complexity index is 1210. The molecule has 1 aliphatic heterocycles. The van der Waals surface area contributed by atoms with Crippen molar-refractivity contribution >= 4 is 31.6 Å². The Morgan fingerprint density at radius 2 is 1.51 bits per heavy atom. The zero-order valence-corrected chi connectivity index (χ0v) is 21.7. The van der Waals surface area contributed by atoms with Crippen LogP contribution in [-0.4, -0.2) is 77.8 Å². The van der Waals surface area contributed by atoms with Gasteiger partial charge in [-0.3, -0.25) is 4.79 Å². The maximum atomic E-state index is 12.8. The minimum Gasteiger partial charge on any atom is -0.484 e. The lowest BCUT2D eigenvalue weighted by Gasteiger charge is -2.31. The van der Waals surface area contributed by atoms with Crippen LogP contribution < -0.4 is 14.8 Å². The van der Waals surface area contributed by atoms with Crippen molar-refractivity contribution in [2.75, 3.05) is 45.2 Å². The lowest BCUT2D eigenvalue weighted by atomic mass is 10.3. The van der Waals surface area contributed by atoms with E-state index >= 15 is 0 Å². The number of ether oxygens (including phenoxy) is 1. The lowest BCUT2D eigenvalue weighted by molar-refractivity contribution is -0.118. The summed E-state index contributed by atoms with van der Waals surface area (Å²) in [7, 11) is -5.24. The van der Waals surface area contributed by atoms with Gasteiger partial charge in [-0.2, -0.15) is 4.31 Å². The molecule has 0 spiro atoms. The monoisotopic (exact) mass is 524 g/mol. The Balaban J connectivity index is 1.53. The van der Waals surface area contributed by atoms with Crippen molar-refractivity contribution in [3.05, 3.63) is 48.5 Å². The number of benzene rings is 2. The van der Waals surface area contributed by atoms with Gasteiger partial charge in [-0.15, -0.1) is 0 Å². The van der Waals surface area contributed by atoms with Crippen LogP contribution in [0.3, 0.4) is 0 Å². The Morgan fingerprint density at radius 3 is 2.09 bits per heavy atom. The number of nitrogens with one attached hydrogen (secondary N) is 2. The van der Waals surface area contributed by atoms with Crippen molar-refractivity contribution < 1.29 is 26.4 Å². The third kappa shape index (κ3) is 7.24. The molecular formula is C23H32N4O6S2.